The van der Waals surface area contributed by atoms with Crippen molar-refractivity contribution in [3.8, 4) is 0 Å². The number of nitrogens with one attached hydrogen (secondary N) is 1. The molecule has 1 unspecified atom stereocenters. The molecular formula is C14H19N3OS. The minimum Gasteiger partial charge on any atom is -0.346 e. The fourth-order valence-corrected chi connectivity index (χ4v) is 3.46. The summed E-state index contributed by atoms with van der Waals surface area (Å²) >= 11 is 1.63. The average molecular weight is 277 g/mol. The van der Waals surface area contributed by atoms with Gasteiger partial charge in [-0.3, -0.25) is 9.78 Å². The Balaban J connectivity index is 1.67. The zero-order chi connectivity index (χ0) is 13.2. The largest absolute Gasteiger partial charge is 0.346 e. The molecule has 3 aliphatic rings. The van der Waals surface area contributed by atoms with Crippen LogP contribution in [-0.2, 0) is 0 Å². The number of rotatable bonds is 3. The maximum Gasteiger partial charge on any atom is 0.270 e. The van der Waals surface area contributed by atoms with Crippen molar-refractivity contribution in [3.05, 3.63) is 24.0 Å². The van der Waals surface area contributed by atoms with E-state index >= 15 is 0 Å². The third-order valence-electron chi connectivity index (χ3n) is 4.17. The summed E-state index contributed by atoms with van der Waals surface area (Å²) in [6.45, 7) is 3.38. The van der Waals surface area contributed by atoms with E-state index in [1.54, 1.807) is 18.0 Å². The van der Waals surface area contributed by atoms with E-state index in [0.29, 0.717) is 17.7 Å². The Hall–Kier alpha value is -1.07. The maximum atomic E-state index is 12.3. The van der Waals surface area contributed by atoms with Crippen LogP contribution in [0.2, 0.25) is 0 Å². The van der Waals surface area contributed by atoms with E-state index in [9.17, 15) is 4.79 Å². The van der Waals surface area contributed by atoms with E-state index in [4.69, 9.17) is 0 Å². The summed E-state index contributed by atoms with van der Waals surface area (Å²) in [6.07, 6.45) is 6.13. The molecule has 4 heterocycles. The average Bonchev–Trinajstić information content (AvgIpc) is 2.48. The molecule has 0 aliphatic carbocycles. The lowest BCUT2D eigenvalue weighted by Gasteiger charge is -2.44. The summed E-state index contributed by atoms with van der Waals surface area (Å²) in [5.74, 6) is 0.618. The Kier molecular flexibility index (Phi) is 3.75. The van der Waals surface area contributed by atoms with Crippen LogP contribution in [0, 0.1) is 5.92 Å². The number of hydrogen-bond acceptors (Lipinski definition) is 4. The monoisotopic (exact) mass is 277 g/mol. The summed E-state index contributed by atoms with van der Waals surface area (Å²) in [5, 5.41) is 3.17. The normalized spacial score (nSPS) is 29.2. The number of pyridine rings is 1. The molecule has 19 heavy (non-hydrogen) atoms. The van der Waals surface area contributed by atoms with Crippen LogP contribution in [0.5, 0.6) is 0 Å². The minimum absolute atomic E-state index is 0.0327. The highest BCUT2D eigenvalue weighted by Crippen LogP contribution is 2.27. The van der Waals surface area contributed by atoms with Gasteiger partial charge < -0.3 is 10.2 Å². The molecule has 0 aromatic carbocycles. The van der Waals surface area contributed by atoms with Crippen LogP contribution >= 0.6 is 11.8 Å². The highest BCUT2D eigenvalue weighted by molar-refractivity contribution is 7.98. The molecule has 3 saturated heterocycles. The number of thioether (sulfide) groups is 1. The van der Waals surface area contributed by atoms with Gasteiger partial charge in [0.1, 0.15) is 5.69 Å². The highest BCUT2D eigenvalue weighted by atomic mass is 32.2. The number of carbonyl (C=O) groups excluding carboxylic acids is 1. The molecule has 2 bridgehead atoms. The van der Waals surface area contributed by atoms with Crippen molar-refractivity contribution in [2.75, 3.05) is 25.9 Å². The van der Waals surface area contributed by atoms with Gasteiger partial charge in [-0.15, -0.1) is 11.8 Å². The Labute approximate surface area is 118 Å². The predicted molar refractivity (Wildman–Crippen MR) is 76.4 cm³/mol. The molecule has 1 amide bonds. The molecule has 4 rings (SSSR count). The van der Waals surface area contributed by atoms with Gasteiger partial charge in [-0.05, 0) is 50.2 Å². The molecule has 5 heteroatoms. The van der Waals surface area contributed by atoms with Crippen molar-refractivity contribution < 1.29 is 4.79 Å². The Morgan fingerprint density at radius 2 is 2.26 bits per heavy atom. The van der Waals surface area contributed by atoms with Crippen molar-refractivity contribution in [3.63, 3.8) is 0 Å². The van der Waals surface area contributed by atoms with Gasteiger partial charge in [-0.2, -0.15) is 0 Å². The van der Waals surface area contributed by atoms with Crippen molar-refractivity contribution in [2.45, 2.75) is 23.8 Å². The van der Waals surface area contributed by atoms with Crippen molar-refractivity contribution in [1.29, 1.82) is 0 Å². The zero-order valence-electron chi connectivity index (χ0n) is 11.1. The number of piperidine rings is 3. The second kappa shape index (κ2) is 5.51. The molecule has 1 N–H and O–H groups in total. The van der Waals surface area contributed by atoms with Crippen molar-refractivity contribution >= 4 is 17.7 Å². The second-order valence-electron chi connectivity index (χ2n) is 5.30. The topological polar surface area (TPSA) is 45.2 Å². The molecule has 3 aliphatic heterocycles. The molecule has 1 aromatic rings. The molecular weight excluding hydrogens is 258 g/mol. The van der Waals surface area contributed by atoms with Gasteiger partial charge in [0.15, 0.2) is 0 Å². The molecule has 0 radical (unpaired) electrons. The van der Waals surface area contributed by atoms with Crippen LogP contribution in [0.4, 0.5) is 0 Å². The lowest BCUT2D eigenvalue weighted by atomic mass is 9.84. The second-order valence-corrected chi connectivity index (χ2v) is 6.18. The molecule has 0 spiro atoms. The summed E-state index contributed by atoms with van der Waals surface area (Å²) in [6, 6.07) is 4.09. The first-order chi connectivity index (χ1) is 9.26. The van der Waals surface area contributed by atoms with Gasteiger partial charge in [-0.1, -0.05) is 0 Å². The lowest BCUT2D eigenvalue weighted by Crippen LogP contribution is -2.57. The quantitative estimate of drug-likeness (QED) is 0.853. The molecule has 3 fully saturated rings. The van der Waals surface area contributed by atoms with Gasteiger partial charge in [0.2, 0.25) is 0 Å². The first-order valence-electron chi connectivity index (χ1n) is 6.79. The number of nitrogens with zero attached hydrogens (tertiary/aromatic N) is 2. The SMILES string of the molecule is CSc1ccnc(C(=O)NC2CN3CCC2CC3)c1. The number of amides is 1. The van der Waals surface area contributed by atoms with Crippen molar-refractivity contribution in [2.24, 2.45) is 5.92 Å². The van der Waals surface area contributed by atoms with E-state index in [2.05, 4.69) is 15.2 Å². The zero-order valence-corrected chi connectivity index (χ0v) is 11.9. The number of hydrogen-bond donors (Lipinski definition) is 1. The summed E-state index contributed by atoms with van der Waals surface area (Å²) in [7, 11) is 0. The van der Waals surface area contributed by atoms with Crippen LogP contribution in [0.3, 0.4) is 0 Å². The third kappa shape index (κ3) is 2.77. The standard InChI is InChI=1S/C14H19N3OS/c1-19-11-2-5-15-12(8-11)14(18)16-13-9-17-6-3-10(13)4-7-17/h2,5,8,10,13H,3-4,6-7,9H2,1H3,(H,16,18). The lowest BCUT2D eigenvalue weighted by molar-refractivity contribution is 0.0617. The maximum absolute atomic E-state index is 12.3. The van der Waals surface area contributed by atoms with E-state index in [-0.39, 0.29) is 5.91 Å². The smallest absolute Gasteiger partial charge is 0.270 e. The van der Waals surface area contributed by atoms with Crippen LogP contribution in [0.25, 0.3) is 0 Å². The number of aromatic nitrogens is 1. The van der Waals surface area contributed by atoms with E-state index in [1.807, 2.05) is 18.4 Å². The summed E-state index contributed by atoms with van der Waals surface area (Å²) in [5.41, 5.74) is 0.531. The highest BCUT2D eigenvalue weighted by Gasteiger charge is 2.35. The predicted octanol–water partition coefficient (Wildman–Crippen LogP) is 1.63. The van der Waals surface area contributed by atoms with Crippen LogP contribution in [0.15, 0.2) is 23.2 Å². The van der Waals surface area contributed by atoms with Gasteiger partial charge in [-0.25, -0.2) is 0 Å². The van der Waals surface area contributed by atoms with Crippen LogP contribution in [0.1, 0.15) is 23.3 Å². The molecule has 102 valence electrons. The Morgan fingerprint density at radius 3 is 2.89 bits per heavy atom. The Bertz CT molecular complexity index is 472. The van der Waals surface area contributed by atoms with E-state index < -0.39 is 0 Å². The summed E-state index contributed by atoms with van der Waals surface area (Å²) in [4.78, 5) is 20.0. The van der Waals surface area contributed by atoms with Crippen molar-refractivity contribution in [1.82, 2.24) is 15.2 Å². The fourth-order valence-electron chi connectivity index (χ4n) is 3.03. The van der Waals surface area contributed by atoms with Gasteiger partial charge >= 0.3 is 0 Å². The first kappa shape index (κ1) is 12.9. The molecule has 1 atom stereocenters. The molecule has 1 aromatic heterocycles. The Morgan fingerprint density at radius 1 is 1.47 bits per heavy atom. The van der Waals surface area contributed by atoms with Crippen LogP contribution < -0.4 is 5.32 Å². The number of carbonyl (C=O) groups is 1. The molecule has 4 nitrogen and oxygen atoms in total. The van der Waals surface area contributed by atoms with Gasteiger partial charge in [0.25, 0.3) is 5.91 Å². The minimum atomic E-state index is -0.0327. The number of fused-ring (bicyclic) bond motifs is 3. The third-order valence-corrected chi connectivity index (χ3v) is 4.90. The van der Waals surface area contributed by atoms with Gasteiger partial charge in [0, 0.05) is 23.7 Å². The first-order valence-corrected chi connectivity index (χ1v) is 8.02. The van der Waals surface area contributed by atoms with E-state index in [0.717, 1.165) is 11.4 Å². The molecule has 0 saturated carbocycles. The van der Waals surface area contributed by atoms with E-state index in [1.165, 1.54) is 25.9 Å². The van der Waals surface area contributed by atoms with Gasteiger partial charge in [0.05, 0.1) is 0 Å². The summed E-state index contributed by atoms with van der Waals surface area (Å²) < 4.78 is 0. The fraction of sp³-hybridized carbons (Fsp3) is 0.571. The van der Waals surface area contributed by atoms with Crippen LogP contribution in [-0.4, -0.2) is 47.7 Å².